The van der Waals surface area contributed by atoms with Crippen molar-refractivity contribution in [2.24, 2.45) is 4.99 Å². The number of fused-ring (bicyclic) bond motifs is 1. The first-order chi connectivity index (χ1) is 21.1. The van der Waals surface area contributed by atoms with Crippen molar-refractivity contribution in [1.29, 1.82) is 0 Å². The topological polar surface area (TPSA) is 120 Å². The van der Waals surface area contributed by atoms with Crippen LogP contribution in [0, 0.1) is 29.8 Å². The van der Waals surface area contributed by atoms with Crippen molar-refractivity contribution in [3.8, 4) is 11.3 Å². The van der Waals surface area contributed by atoms with E-state index in [1.54, 1.807) is 75.4 Å². The second kappa shape index (κ2) is 11.3. The average Bonchev–Trinajstić information content (AvgIpc) is 3.58. The van der Waals surface area contributed by atoms with Gasteiger partial charge in [0.1, 0.15) is 17.3 Å². The van der Waals surface area contributed by atoms with Gasteiger partial charge in [-0.05, 0) is 74.4 Å². The fraction of sp³-hybridized carbons (Fsp3) is 0.121. The third-order valence-corrected chi connectivity index (χ3v) is 8.49. The number of furan rings is 1. The molecular formula is C33H25FN4O5S. The second-order valence-corrected chi connectivity index (χ2v) is 11.4. The lowest BCUT2D eigenvalue weighted by molar-refractivity contribution is -0.385. The summed E-state index contributed by atoms with van der Waals surface area (Å²) in [6, 6.07) is 20.4. The highest BCUT2D eigenvalue weighted by Crippen LogP contribution is 2.32. The van der Waals surface area contributed by atoms with Gasteiger partial charge in [0.05, 0.1) is 26.8 Å². The molecule has 0 fully saturated rings. The molecule has 0 bridgehead atoms. The number of carbonyl (C=O) groups is 1. The largest absolute Gasteiger partial charge is 0.457 e. The van der Waals surface area contributed by atoms with Gasteiger partial charge in [0.15, 0.2) is 4.80 Å². The summed E-state index contributed by atoms with van der Waals surface area (Å²) >= 11 is 1.13. The molecule has 0 saturated carbocycles. The summed E-state index contributed by atoms with van der Waals surface area (Å²) < 4.78 is 21.6. The van der Waals surface area contributed by atoms with Gasteiger partial charge < -0.3 is 9.73 Å². The number of amides is 1. The molecule has 0 saturated heterocycles. The van der Waals surface area contributed by atoms with E-state index in [1.807, 2.05) is 12.1 Å². The van der Waals surface area contributed by atoms with Crippen LogP contribution < -0.4 is 20.2 Å². The fourth-order valence-corrected chi connectivity index (χ4v) is 6.21. The molecule has 1 amide bonds. The number of halogens is 1. The summed E-state index contributed by atoms with van der Waals surface area (Å²) in [5.74, 6) is -0.101. The highest BCUT2D eigenvalue weighted by Gasteiger charge is 2.32. The number of nitro groups is 1. The zero-order valence-corrected chi connectivity index (χ0v) is 24.6. The molecule has 6 rings (SSSR count). The van der Waals surface area contributed by atoms with Crippen molar-refractivity contribution in [1.82, 2.24) is 4.57 Å². The van der Waals surface area contributed by atoms with Gasteiger partial charge in [0, 0.05) is 29.0 Å². The summed E-state index contributed by atoms with van der Waals surface area (Å²) in [4.78, 5) is 43.6. The Kier molecular flexibility index (Phi) is 7.40. The van der Waals surface area contributed by atoms with Crippen LogP contribution in [0.3, 0.4) is 0 Å². The van der Waals surface area contributed by atoms with E-state index in [0.717, 1.165) is 16.9 Å². The molecule has 3 aromatic carbocycles. The number of aromatic nitrogens is 1. The summed E-state index contributed by atoms with van der Waals surface area (Å²) in [5, 5.41) is 14.4. The lowest BCUT2D eigenvalue weighted by Crippen LogP contribution is -2.40. The van der Waals surface area contributed by atoms with E-state index in [1.165, 1.54) is 22.8 Å². The Morgan fingerprint density at radius 3 is 2.50 bits per heavy atom. The first-order valence-corrected chi connectivity index (χ1v) is 14.4. The van der Waals surface area contributed by atoms with E-state index in [2.05, 4.69) is 10.3 Å². The summed E-state index contributed by atoms with van der Waals surface area (Å²) in [6.07, 6.45) is 1.58. The molecule has 0 radical (unpaired) electrons. The molecule has 1 N–H and O–H groups in total. The number of nitrogens with zero attached hydrogens (tertiary/aromatic N) is 3. The lowest BCUT2D eigenvalue weighted by atomic mass is 9.95. The number of thiazole rings is 1. The number of benzene rings is 3. The normalized spacial score (nSPS) is 14.7. The summed E-state index contributed by atoms with van der Waals surface area (Å²) in [7, 11) is 0. The fourth-order valence-electron chi connectivity index (χ4n) is 5.18. The van der Waals surface area contributed by atoms with E-state index in [4.69, 9.17) is 4.42 Å². The van der Waals surface area contributed by atoms with Crippen molar-refractivity contribution in [3.05, 3.63) is 148 Å². The molecule has 0 spiro atoms. The number of carbonyl (C=O) groups excluding carboxylic acids is 1. The third-order valence-electron chi connectivity index (χ3n) is 7.51. The molecule has 1 unspecified atom stereocenters. The van der Waals surface area contributed by atoms with Gasteiger partial charge >= 0.3 is 0 Å². The van der Waals surface area contributed by atoms with E-state index in [-0.39, 0.29) is 11.3 Å². The monoisotopic (exact) mass is 608 g/mol. The molecule has 1 atom stereocenters. The van der Waals surface area contributed by atoms with Crippen molar-refractivity contribution < 1.29 is 18.5 Å². The molecule has 2 aromatic heterocycles. The maximum absolute atomic E-state index is 13.9. The minimum atomic E-state index is -0.860. The molecule has 1 aliphatic heterocycles. The Labute approximate surface area is 254 Å². The van der Waals surface area contributed by atoms with Crippen LogP contribution in [0.5, 0.6) is 0 Å². The smallest absolute Gasteiger partial charge is 0.273 e. The van der Waals surface area contributed by atoms with Crippen molar-refractivity contribution in [2.45, 2.75) is 26.8 Å². The van der Waals surface area contributed by atoms with Crippen LogP contribution in [0.2, 0.25) is 0 Å². The summed E-state index contributed by atoms with van der Waals surface area (Å²) in [5.41, 5.74) is 3.28. The number of para-hydroxylation sites is 1. The molecule has 5 aromatic rings. The molecule has 0 aliphatic carbocycles. The molecule has 44 heavy (non-hydrogen) atoms. The zero-order chi connectivity index (χ0) is 31.1. The maximum atomic E-state index is 13.9. The zero-order valence-electron chi connectivity index (χ0n) is 23.8. The highest BCUT2D eigenvalue weighted by molar-refractivity contribution is 7.07. The van der Waals surface area contributed by atoms with E-state index in [9.17, 15) is 24.1 Å². The van der Waals surface area contributed by atoms with Gasteiger partial charge in [-0.25, -0.2) is 9.38 Å². The predicted octanol–water partition coefficient (Wildman–Crippen LogP) is 5.80. The molecule has 1 aliphatic rings. The van der Waals surface area contributed by atoms with Gasteiger partial charge in [-0.1, -0.05) is 41.7 Å². The first-order valence-electron chi connectivity index (χ1n) is 13.6. The van der Waals surface area contributed by atoms with Crippen LogP contribution in [0.4, 0.5) is 15.8 Å². The number of hydrogen-bond donors (Lipinski definition) is 1. The van der Waals surface area contributed by atoms with Crippen molar-refractivity contribution in [2.75, 3.05) is 5.32 Å². The minimum Gasteiger partial charge on any atom is -0.457 e. The summed E-state index contributed by atoms with van der Waals surface area (Å²) in [6.45, 7) is 5.20. The Morgan fingerprint density at radius 1 is 1.07 bits per heavy atom. The quantitative estimate of drug-likeness (QED) is 0.193. The first kappa shape index (κ1) is 28.7. The Bertz CT molecular complexity index is 2160. The Morgan fingerprint density at radius 2 is 1.80 bits per heavy atom. The van der Waals surface area contributed by atoms with Crippen molar-refractivity contribution >= 4 is 34.7 Å². The number of aryl methyl sites for hydroxylation is 1. The molecule has 3 heterocycles. The molecule has 220 valence electrons. The van der Waals surface area contributed by atoms with Gasteiger partial charge in [-0.2, -0.15) is 0 Å². The standard InChI is InChI=1S/C33H25FN4O5S/c1-18-15-22(16-26(19(18)2)38(41)42)27-14-13-25(43-27)17-28-32(40)37-30(21-9-11-23(34)12-10-21)29(20(3)35-33(37)44-28)31(39)36-24-7-5-4-6-8-24/h4-17,30H,1-3H3,(H,36,39). The maximum Gasteiger partial charge on any atom is 0.273 e. The number of hydrogen-bond acceptors (Lipinski definition) is 7. The van der Waals surface area contributed by atoms with Gasteiger partial charge in [-0.3, -0.25) is 24.3 Å². The van der Waals surface area contributed by atoms with Gasteiger partial charge in [0.2, 0.25) is 0 Å². The molecule has 9 nitrogen and oxygen atoms in total. The van der Waals surface area contributed by atoms with Crippen LogP contribution >= 0.6 is 11.3 Å². The van der Waals surface area contributed by atoms with Crippen LogP contribution in [-0.4, -0.2) is 15.4 Å². The number of nitrogens with one attached hydrogen (secondary N) is 1. The van der Waals surface area contributed by atoms with Gasteiger partial charge in [0.25, 0.3) is 17.2 Å². The number of rotatable bonds is 6. The highest BCUT2D eigenvalue weighted by atomic mass is 32.1. The number of anilines is 1. The number of allylic oxidation sites excluding steroid dienone is 1. The molecular weight excluding hydrogens is 583 g/mol. The second-order valence-electron chi connectivity index (χ2n) is 10.3. The predicted molar refractivity (Wildman–Crippen MR) is 166 cm³/mol. The Balaban J connectivity index is 1.44. The minimum absolute atomic E-state index is 0.00507. The lowest BCUT2D eigenvalue weighted by Gasteiger charge is -2.25. The van der Waals surface area contributed by atoms with Crippen LogP contribution in [0.25, 0.3) is 17.4 Å². The number of nitro benzene ring substituents is 1. The van der Waals surface area contributed by atoms with Gasteiger partial charge in [-0.15, -0.1) is 0 Å². The average molecular weight is 609 g/mol. The Hall–Kier alpha value is -5.42. The van der Waals surface area contributed by atoms with Crippen LogP contribution in [-0.2, 0) is 4.79 Å². The van der Waals surface area contributed by atoms with Crippen molar-refractivity contribution in [3.63, 3.8) is 0 Å². The SMILES string of the molecule is CC1=C(C(=O)Nc2ccccc2)C(c2ccc(F)cc2)n2c(sc(=Cc3ccc(-c4cc(C)c(C)c([N+](=O)[O-])c4)o3)c2=O)=N1. The van der Waals surface area contributed by atoms with E-state index >= 15 is 0 Å². The van der Waals surface area contributed by atoms with Crippen LogP contribution in [0.15, 0.2) is 104 Å². The third kappa shape index (κ3) is 5.29. The van der Waals surface area contributed by atoms with E-state index in [0.29, 0.717) is 48.9 Å². The molecule has 11 heteroatoms. The van der Waals surface area contributed by atoms with E-state index < -0.39 is 28.2 Å². The van der Waals surface area contributed by atoms with Crippen LogP contribution in [0.1, 0.15) is 35.4 Å².